The zero-order chi connectivity index (χ0) is 27.9. The molecule has 0 aromatic heterocycles. The molecule has 1 fully saturated rings. The van der Waals surface area contributed by atoms with E-state index >= 15 is 0 Å². The number of hydrogen-bond donors (Lipinski definition) is 2. The highest BCUT2D eigenvalue weighted by Crippen LogP contribution is 2.29. The van der Waals surface area contributed by atoms with Crippen LogP contribution in [0.5, 0.6) is 0 Å². The molecule has 0 bridgehead atoms. The molecule has 0 radical (unpaired) electrons. The average Bonchev–Trinajstić information content (AvgIpc) is 2.98. The fourth-order valence-electron chi connectivity index (χ4n) is 5.07. The lowest BCUT2D eigenvalue weighted by atomic mass is 10.0. The number of rotatable bonds is 8. The minimum atomic E-state index is -0.475. The molecule has 1 aliphatic rings. The molecule has 4 aromatic rings. The molecule has 2 N–H and O–H groups in total. The molecule has 6 nitrogen and oxygen atoms in total. The van der Waals surface area contributed by atoms with Crippen molar-refractivity contribution in [2.75, 3.05) is 36.8 Å². The van der Waals surface area contributed by atoms with Gasteiger partial charge in [-0.1, -0.05) is 83.9 Å². The maximum atomic E-state index is 13.6. The number of hydrogen-bond acceptors (Lipinski definition) is 4. The number of anilines is 2. The van der Waals surface area contributed by atoms with E-state index in [1.165, 1.54) is 0 Å². The van der Waals surface area contributed by atoms with Gasteiger partial charge in [-0.25, -0.2) is 0 Å². The first-order valence-electron chi connectivity index (χ1n) is 13.2. The standard InChI is InChI=1S/C32H30Cl2N4O2/c33-25-11-15-27(16-12-25)35-31(39)29(23-7-3-1-4-8-23)37-19-21-38(22-20-37)30(24-9-5-2-6-10-24)32(40)36-28-17-13-26(34)14-18-28/h1-18,29-30H,19-22H2,(H,35,39)(H,36,40)/t29-,30+. The lowest BCUT2D eigenvalue weighted by molar-refractivity contribution is -0.125. The zero-order valence-electron chi connectivity index (χ0n) is 21.8. The van der Waals surface area contributed by atoms with Crippen LogP contribution in [-0.2, 0) is 9.59 Å². The summed E-state index contributed by atoms with van der Waals surface area (Å²) in [5, 5.41) is 7.32. The van der Waals surface area contributed by atoms with Gasteiger partial charge in [0.25, 0.3) is 0 Å². The van der Waals surface area contributed by atoms with Gasteiger partial charge in [-0.15, -0.1) is 0 Å². The number of benzene rings is 4. The van der Waals surface area contributed by atoms with E-state index in [0.717, 1.165) is 11.1 Å². The summed E-state index contributed by atoms with van der Waals surface area (Å²) >= 11 is 12.1. The number of halogens is 2. The summed E-state index contributed by atoms with van der Waals surface area (Å²) in [7, 11) is 0. The van der Waals surface area contributed by atoms with Gasteiger partial charge in [0.15, 0.2) is 0 Å². The zero-order valence-corrected chi connectivity index (χ0v) is 23.4. The Morgan fingerprint density at radius 2 is 0.850 bits per heavy atom. The number of nitrogens with zero attached hydrogens (tertiary/aromatic N) is 2. The van der Waals surface area contributed by atoms with Crippen LogP contribution in [0.3, 0.4) is 0 Å². The summed E-state index contributed by atoms with van der Waals surface area (Å²) in [6, 6.07) is 32.8. The molecule has 5 rings (SSSR count). The minimum absolute atomic E-state index is 0.109. The topological polar surface area (TPSA) is 64.7 Å². The van der Waals surface area contributed by atoms with Crippen molar-refractivity contribution in [1.82, 2.24) is 9.80 Å². The predicted molar refractivity (Wildman–Crippen MR) is 162 cm³/mol. The molecule has 0 aliphatic carbocycles. The quantitative estimate of drug-likeness (QED) is 0.247. The molecule has 4 aromatic carbocycles. The normalized spacial score (nSPS) is 15.7. The molecule has 204 valence electrons. The Hall–Kier alpha value is -3.68. The van der Waals surface area contributed by atoms with E-state index in [0.29, 0.717) is 47.6 Å². The molecule has 0 unspecified atom stereocenters. The van der Waals surface area contributed by atoms with Gasteiger partial charge in [-0.05, 0) is 59.7 Å². The molecule has 8 heteroatoms. The van der Waals surface area contributed by atoms with Crippen molar-refractivity contribution in [3.05, 3.63) is 130 Å². The Balaban J connectivity index is 1.34. The van der Waals surface area contributed by atoms with Crippen molar-refractivity contribution in [3.8, 4) is 0 Å². The third-order valence-corrected chi connectivity index (χ3v) is 7.53. The maximum absolute atomic E-state index is 13.6. The van der Waals surface area contributed by atoms with Crippen molar-refractivity contribution in [2.24, 2.45) is 0 Å². The largest absolute Gasteiger partial charge is 0.324 e. The predicted octanol–water partition coefficient (Wildman–Crippen LogP) is 6.67. The van der Waals surface area contributed by atoms with Gasteiger partial charge in [-0.3, -0.25) is 19.4 Å². The molecule has 2 amide bonds. The number of carbonyl (C=O) groups is 2. The number of amides is 2. The van der Waals surface area contributed by atoms with E-state index in [9.17, 15) is 9.59 Å². The van der Waals surface area contributed by atoms with Crippen molar-refractivity contribution in [1.29, 1.82) is 0 Å². The first kappa shape index (κ1) is 27.9. The molecule has 1 saturated heterocycles. The molecule has 0 spiro atoms. The Labute approximate surface area is 244 Å². The first-order valence-corrected chi connectivity index (χ1v) is 13.9. The molecular formula is C32H30Cl2N4O2. The Kier molecular flexibility index (Phi) is 9.14. The fourth-order valence-corrected chi connectivity index (χ4v) is 5.32. The highest BCUT2D eigenvalue weighted by atomic mass is 35.5. The second kappa shape index (κ2) is 13.1. The van der Waals surface area contributed by atoms with Crippen LogP contribution >= 0.6 is 23.2 Å². The molecule has 1 aliphatic heterocycles. The van der Waals surface area contributed by atoms with Crippen molar-refractivity contribution in [3.63, 3.8) is 0 Å². The van der Waals surface area contributed by atoms with Crippen molar-refractivity contribution >= 4 is 46.4 Å². The smallest absolute Gasteiger partial charge is 0.246 e. The Morgan fingerprint density at radius 1 is 0.525 bits per heavy atom. The van der Waals surface area contributed by atoms with Crippen LogP contribution in [0.25, 0.3) is 0 Å². The highest BCUT2D eigenvalue weighted by molar-refractivity contribution is 6.31. The van der Waals surface area contributed by atoms with Crippen LogP contribution in [0.4, 0.5) is 11.4 Å². The van der Waals surface area contributed by atoms with Gasteiger partial charge in [0.2, 0.25) is 11.8 Å². The summed E-state index contributed by atoms with van der Waals surface area (Å²) in [6.07, 6.45) is 0. The minimum Gasteiger partial charge on any atom is -0.324 e. The van der Waals surface area contributed by atoms with Crippen molar-refractivity contribution in [2.45, 2.75) is 12.1 Å². The fraction of sp³-hybridized carbons (Fsp3) is 0.188. The van der Waals surface area contributed by atoms with Gasteiger partial charge in [0.1, 0.15) is 12.1 Å². The van der Waals surface area contributed by atoms with Crippen LogP contribution in [0.1, 0.15) is 23.2 Å². The molecule has 40 heavy (non-hydrogen) atoms. The second-order valence-corrected chi connectivity index (χ2v) is 10.6. The van der Waals surface area contributed by atoms with Gasteiger partial charge >= 0.3 is 0 Å². The third kappa shape index (κ3) is 6.90. The van der Waals surface area contributed by atoms with Crippen LogP contribution in [0, 0.1) is 0 Å². The third-order valence-electron chi connectivity index (χ3n) is 7.03. The van der Waals surface area contributed by atoms with Crippen LogP contribution in [0.15, 0.2) is 109 Å². The lowest BCUT2D eigenvalue weighted by Gasteiger charge is -2.41. The van der Waals surface area contributed by atoms with E-state index in [1.54, 1.807) is 48.5 Å². The SMILES string of the molecule is O=C(Nc1ccc(Cl)cc1)[C@H](c1ccccc1)N1CCN([C@@H](C(=O)Nc2ccc(Cl)cc2)c2ccccc2)CC1. The first-order chi connectivity index (χ1) is 19.5. The number of carbonyl (C=O) groups excluding carboxylic acids is 2. The molecule has 2 atom stereocenters. The summed E-state index contributed by atoms with van der Waals surface area (Å²) in [6.45, 7) is 2.46. The summed E-state index contributed by atoms with van der Waals surface area (Å²) in [4.78, 5) is 31.5. The monoisotopic (exact) mass is 572 g/mol. The second-order valence-electron chi connectivity index (χ2n) is 9.69. The van der Waals surface area contributed by atoms with Crippen LogP contribution in [0.2, 0.25) is 10.0 Å². The highest BCUT2D eigenvalue weighted by Gasteiger charge is 2.35. The summed E-state index contributed by atoms with van der Waals surface area (Å²) in [5.74, 6) is -0.218. The van der Waals surface area contributed by atoms with Gasteiger partial charge in [-0.2, -0.15) is 0 Å². The van der Waals surface area contributed by atoms with Crippen molar-refractivity contribution < 1.29 is 9.59 Å². The lowest BCUT2D eigenvalue weighted by Crippen LogP contribution is -2.52. The summed E-state index contributed by atoms with van der Waals surface area (Å²) in [5.41, 5.74) is 3.22. The van der Waals surface area contributed by atoms with E-state index < -0.39 is 12.1 Å². The molecule has 0 saturated carbocycles. The summed E-state index contributed by atoms with van der Waals surface area (Å²) < 4.78 is 0. The van der Waals surface area contributed by atoms with Crippen LogP contribution in [-0.4, -0.2) is 47.8 Å². The molecular weight excluding hydrogens is 543 g/mol. The Morgan fingerprint density at radius 3 is 1.18 bits per heavy atom. The van der Waals surface area contributed by atoms with Crippen LogP contribution < -0.4 is 10.6 Å². The Bertz CT molecular complexity index is 1300. The van der Waals surface area contributed by atoms with Gasteiger partial charge in [0.05, 0.1) is 0 Å². The van der Waals surface area contributed by atoms with Gasteiger partial charge in [0, 0.05) is 47.6 Å². The maximum Gasteiger partial charge on any atom is 0.246 e. The number of nitrogens with one attached hydrogen (secondary N) is 2. The van der Waals surface area contributed by atoms with E-state index in [2.05, 4.69) is 20.4 Å². The van der Waals surface area contributed by atoms with Gasteiger partial charge < -0.3 is 10.6 Å². The molecule has 1 heterocycles. The number of piperazine rings is 1. The van der Waals surface area contributed by atoms with E-state index in [4.69, 9.17) is 23.2 Å². The average molecular weight is 574 g/mol. The van der Waals surface area contributed by atoms with E-state index in [-0.39, 0.29) is 11.8 Å². The van der Waals surface area contributed by atoms with E-state index in [1.807, 2.05) is 60.7 Å².